The van der Waals surface area contributed by atoms with Crippen molar-refractivity contribution in [2.75, 3.05) is 6.61 Å². The molecular formula is C79H55F9IN19O2. The van der Waals surface area contributed by atoms with Gasteiger partial charge >= 0.3 is 0 Å². The average Bonchev–Trinajstić information content (AvgIpc) is 1.66. The van der Waals surface area contributed by atoms with Crippen molar-refractivity contribution in [2.24, 2.45) is 7.05 Å². The smallest absolute Gasteiger partial charge is 0.213 e. The molecule has 31 heteroatoms. The maximum absolute atomic E-state index is 14.4. The second-order valence-electron chi connectivity index (χ2n) is 23.7. The Labute approximate surface area is 630 Å². The lowest BCUT2D eigenvalue weighted by molar-refractivity contribution is 0.272. The Kier molecular flexibility index (Phi) is 23.5. The molecule has 7 heterocycles. The third kappa shape index (κ3) is 18.0. The van der Waals surface area contributed by atoms with Crippen molar-refractivity contribution in [1.82, 2.24) is 80.9 Å². The molecule has 9 aromatic carbocycles. The minimum Gasteiger partial charge on any atom is -0.478 e. The molecule has 8 N–H and O–H groups in total. The number of benzene rings is 9. The maximum atomic E-state index is 14.4. The van der Waals surface area contributed by atoms with Crippen molar-refractivity contribution in [2.45, 2.75) is 20.5 Å². The van der Waals surface area contributed by atoms with Crippen molar-refractivity contribution in [3.8, 4) is 22.8 Å². The van der Waals surface area contributed by atoms with Gasteiger partial charge in [-0.15, -0.1) is 0 Å². The zero-order chi connectivity index (χ0) is 77.7. The van der Waals surface area contributed by atoms with Gasteiger partial charge in [0.1, 0.15) is 78.6 Å². The van der Waals surface area contributed by atoms with Crippen LogP contribution in [0.1, 0.15) is 69.2 Å². The SMILES string of the molecule is CCOC(=N)c1cc(F)c2n[nH]c(/C=C/c3cccc(F)c3)c2c1.Cc1nc(-c2cc(F)c3n[nH]c(/C=C/c4cccc(F)c4)c3c2)n[nH]1.OCc1nc(-c2cc(F)c3n[nH]c(/C=C/c4cccc(F)c4)c3c2)n[nH]1.[C-]#[N+]c1cc(F)c2c(c1)c(I)nn2C.[C-]#[N+]c1cc(F)c2n[nH]c(/C=C/c3cccc(F)c3)c2c1. The fraction of sp³-hybridized carbons (Fsp3) is 0.0633. The molecule has 0 radical (unpaired) electrons. The fourth-order valence-electron chi connectivity index (χ4n) is 11.1. The largest absolute Gasteiger partial charge is 0.478 e. The van der Waals surface area contributed by atoms with Crippen molar-refractivity contribution in [3.05, 3.63) is 299 Å². The van der Waals surface area contributed by atoms with Crippen molar-refractivity contribution in [3.63, 3.8) is 0 Å². The molecular weight excluding hydrogens is 1540 g/mol. The summed E-state index contributed by atoms with van der Waals surface area (Å²) in [5.41, 5.74) is 8.14. The Morgan fingerprint density at radius 2 is 0.855 bits per heavy atom. The molecule has 0 saturated carbocycles. The molecule has 548 valence electrons. The molecule has 0 unspecified atom stereocenters. The molecule has 110 heavy (non-hydrogen) atoms. The summed E-state index contributed by atoms with van der Waals surface area (Å²) >= 11 is 2.03. The topological polar surface area (TPSA) is 278 Å². The van der Waals surface area contributed by atoms with Crippen LogP contribution in [0.4, 0.5) is 50.9 Å². The van der Waals surface area contributed by atoms with E-state index >= 15 is 0 Å². The quantitative estimate of drug-likeness (QED) is 0.0177. The second-order valence-corrected chi connectivity index (χ2v) is 24.7. The highest BCUT2D eigenvalue weighted by Crippen LogP contribution is 2.33. The lowest BCUT2D eigenvalue weighted by atomic mass is 10.1. The Balaban J connectivity index is 0.000000130. The molecule has 16 rings (SSSR count). The number of halogens is 10. The number of ether oxygens (including phenoxy) is 1. The lowest BCUT2D eigenvalue weighted by Crippen LogP contribution is -2.05. The number of aliphatic hydroxyl groups excluding tert-OH is 1. The van der Waals surface area contributed by atoms with Gasteiger partial charge in [0.05, 0.1) is 42.5 Å². The molecule has 0 bridgehead atoms. The molecule has 0 saturated heterocycles. The van der Waals surface area contributed by atoms with E-state index in [0.717, 1.165) is 6.07 Å². The van der Waals surface area contributed by atoms with Crippen LogP contribution in [0.2, 0.25) is 0 Å². The number of hydrogen-bond donors (Lipinski definition) is 8. The first kappa shape index (κ1) is 75.8. The molecule has 0 aliphatic heterocycles. The number of nitrogens with zero attached hydrogens (tertiary/aromatic N) is 12. The molecule has 0 spiro atoms. The van der Waals surface area contributed by atoms with Gasteiger partial charge in [-0.3, -0.25) is 40.7 Å². The summed E-state index contributed by atoms with van der Waals surface area (Å²) in [7, 11) is 1.69. The third-order valence-electron chi connectivity index (χ3n) is 16.2. The number of aromatic amines is 6. The molecule has 16 aromatic rings. The van der Waals surface area contributed by atoms with Gasteiger partial charge in [-0.1, -0.05) is 72.8 Å². The predicted octanol–water partition coefficient (Wildman–Crippen LogP) is 19.2. The van der Waals surface area contributed by atoms with Crippen molar-refractivity contribution in [1.29, 1.82) is 5.41 Å². The summed E-state index contributed by atoms with van der Waals surface area (Å²) in [6.45, 7) is 17.4. The Bertz CT molecular complexity index is 6330. The Hall–Kier alpha value is -13.9. The van der Waals surface area contributed by atoms with Crippen molar-refractivity contribution < 1.29 is 49.4 Å². The van der Waals surface area contributed by atoms with Gasteiger partial charge in [0.2, 0.25) is 5.90 Å². The van der Waals surface area contributed by atoms with Crippen LogP contribution in [-0.2, 0) is 18.4 Å². The van der Waals surface area contributed by atoms with Gasteiger partial charge in [-0.2, -0.15) is 35.7 Å². The predicted molar refractivity (Wildman–Crippen MR) is 411 cm³/mol. The van der Waals surface area contributed by atoms with Crippen LogP contribution in [-0.4, -0.2) is 98.5 Å². The van der Waals surface area contributed by atoms with Gasteiger partial charge in [-0.05, 0) is 192 Å². The van der Waals surface area contributed by atoms with E-state index in [1.807, 2.05) is 22.6 Å². The summed E-state index contributed by atoms with van der Waals surface area (Å²) in [5.74, 6) is -2.23. The van der Waals surface area contributed by atoms with E-state index in [1.165, 1.54) is 77.5 Å². The number of aryl methyl sites for hydroxylation is 2. The second kappa shape index (κ2) is 34.1. The minimum absolute atomic E-state index is 0.0976. The Morgan fingerprint density at radius 1 is 0.473 bits per heavy atom. The average molecular weight is 1600 g/mol. The van der Waals surface area contributed by atoms with Gasteiger partial charge in [0.15, 0.2) is 46.3 Å². The molecule has 0 fully saturated rings. The molecule has 21 nitrogen and oxygen atoms in total. The van der Waals surface area contributed by atoms with Gasteiger partial charge in [0.25, 0.3) is 0 Å². The van der Waals surface area contributed by atoms with E-state index < -0.39 is 29.1 Å². The van der Waals surface area contributed by atoms with Crippen LogP contribution in [0.25, 0.3) is 136 Å². The molecule has 7 aromatic heterocycles. The molecule has 0 aliphatic rings. The standard InChI is InChI=1S/C18H13F2N5O.C18H13F2N5.C18H15F2N3O.C16H9F2N3.C9H5FIN3/c19-12-3-1-2-10(6-12)4-5-15-13-7-11(8-14(20)17(13)24-22-15)18-21-16(9-26)23-25-18;1-10-21-18(25-22-10)12-8-14-16(23-24-17(14)15(20)9-12)6-5-11-3-2-4-13(19)7-11;1-2-24-18(21)12-9-14-16(22-23-17(14)15(20)10-12)7-6-11-4-3-5-13(19)8-11;1-19-12-8-13-15(20-21-16(13)14(18)9-12)6-5-10-3-2-4-11(17)7-10;1-12-5-3-6-8(7(10)4-5)14(2)13-9(6)11/h1-8,26H,9H2,(H,22,24)(H,21,23,25);2-9H,1H3,(H,23,24)(H,21,22,25);3-10,21H,2H2,1H3,(H,22,23);2-9H,(H,20,21);3-4H,2H3/b5-4+;6-5+;7-6+,21-18?;6-5+;. The summed E-state index contributed by atoms with van der Waals surface area (Å²) in [6, 6.07) is 39.2. The number of aliphatic hydroxyl groups is 1. The number of fused-ring (bicyclic) bond motifs is 5. The van der Waals surface area contributed by atoms with E-state index in [1.54, 1.807) is 148 Å². The first-order valence-corrected chi connectivity index (χ1v) is 33.9. The summed E-state index contributed by atoms with van der Waals surface area (Å²) < 4.78 is 130. The van der Waals surface area contributed by atoms with Gasteiger partial charge < -0.3 is 9.84 Å². The van der Waals surface area contributed by atoms with Crippen LogP contribution in [0.15, 0.2) is 158 Å². The van der Waals surface area contributed by atoms with Crippen LogP contribution in [0.3, 0.4) is 0 Å². The van der Waals surface area contributed by atoms with Gasteiger partial charge in [0, 0.05) is 50.7 Å². The van der Waals surface area contributed by atoms with Crippen LogP contribution in [0, 0.1) is 81.5 Å². The number of hydrogen-bond acceptors (Lipinski definition) is 12. The zero-order valence-corrected chi connectivity index (χ0v) is 59.7. The summed E-state index contributed by atoms with van der Waals surface area (Å²) in [4.78, 5) is 14.7. The van der Waals surface area contributed by atoms with Crippen molar-refractivity contribution >= 4 is 143 Å². The number of aromatic nitrogens is 16. The first-order valence-electron chi connectivity index (χ1n) is 32.8. The van der Waals surface area contributed by atoms with Crippen LogP contribution < -0.4 is 0 Å². The van der Waals surface area contributed by atoms with Crippen LogP contribution in [0.5, 0.6) is 0 Å². The van der Waals surface area contributed by atoms with Gasteiger partial charge in [-0.25, -0.2) is 59.2 Å². The minimum atomic E-state index is -0.542. The highest BCUT2D eigenvalue weighted by molar-refractivity contribution is 14.1. The van der Waals surface area contributed by atoms with E-state index in [-0.39, 0.29) is 69.4 Å². The first-order chi connectivity index (χ1) is 53.1. The van der Waals surface area contributed by atoms with Crippen LogP contribution >= 0.6 is 22.6 Å². The monoisotopic (exact) mass is 1600 g/mol. The molecule has 0 atom stereocenters. The van der Waals surface area contributed by atoms with E-state index in [9.17, 15) is 39.5 Å². The Morgan fingerprint density at radius 3 is 1.25 bits per heavy atom. The maximum Gasteiger partial charge on any atom is 0.213 e. The normalized spacial score (nSPS) is 11.3. The summed E-state index contributed by atoms with van der Waals surface area (Å²) in [5, 5.41) is 64.1. The van der Waals surface area contributed by atoms with E-state index in [0.29, 0.717) is 128 Å². The zero-order valence-electron chi connectivity index (χ0n) is 57.5. The highest BCUT2D eigenvalue weighted by Gasteiger charge is 2.19. The van der Waals surface area contributed by atoms with E-state index in [2.05, 4.69) is 85.9 Å². The third-order valence-corrected chi connectivity index (χ3v) is 16.9. The highest BCUT2D eigenvalue weighted by atomic mass is 127. The number of rotatable bonds is 13. The summed E-state index contributed by atoms with van der Waals surface area (Å²) in [6.07, 6.45) is 13.6. The number of H-pyrrole nitrogens is 6. The van der Waals surface area contributed by atoms with E-state index in [4.69, 9.17) is 28.4 Å². The number of nitrogens with one attached hydrogen (secondary N) is 7. The lowest BCUT2D eigenvalue weighted by Gasteiger charge is -2.05. The molecule has 0 aliphatic carbocycles. The fourth-order valence-corrected chi connectivity index (χ4v) is 11.8. The molecule has 0 amide bonds.